The van der Waals surface area contributed by atoms with Crippen molar-refractivity contribution in [1.29, 1.82) is 0 Å². The summed E-state index contributed by atoms with van der Waals surface area (Å²) in [7, 11) is 4.76. The van der Waals surface area contributed by atoms with Crippen molar-refractivity contribution in [2.45, 2.75) is 25.7 Å². The average molecular weight is 357 g/mol. The van der Waals surface area contributed by atoms with Crippen molar-refractivity contribution in [1.82, 2.24) is 5.32 Å². The Labute approximate surface area is 155 Å². The Balaban J connectivity index is 1.79. The maximum absolute atomic E-state index is 12.0. The van der Waals surface area contributed by atoms with E-state index in [4.69, 9.17) is 14.2 Å². The molecule has 0 heterocycles. The third-order valence-electron chi connectivity index (χ3n) is 4.17. The minimum absolute atomic E-state index is 0.0772. The highest BCUT2D eigenvalue weighted by Gasteiger charge is 2.13. The molecule has 0 atom stereocenters. The van der Waals surface area contributed by atoms with Crippen LogP contribution in [0.4, 0.5) is 0 Å². The van der Waals surface area contributed by atoms with Crippen LogP contribution in [0.5, 0.6) is 17.2 Å². The van der Waals surface area contributed by atoms with Crippen molar-refractivity contribution >= 4 is 5.91 Å². The lowest BCUT2D eigenvalue weighted by Gasteiger charge is -2.14. The lowest BCUT2D eigenvalue weighted by Crippen LogP contribution is -2.25. The molecule has 0 fully saturated rings. The Hall–Kier alpha value is -2.69. The number of ether oxygens (including phenoxy) is 3. The monoisotopic (exact) mass is 357 g/mol. The number of benzene rings is 2. The largest absolute Gasteiger partial charge is 0.493 e. The maximum Gasteiger partial charge on any atom is 0.220 e. The number of carbonyl (C=O) groups is 1. The molecule has 0 aromatic heterocycles. The fourth-order valence-corrected chi connectivity index (χ4v) is 2.81. The quantitative estimate of drug-likeness (QED) is 0.708. The normalized spacial score (nSPS) is 10.3. The van der Waals surface area contributed by atoms with Gasteiger partial charge in [-0.3, -0.25) is 4.79 Å². The lowest BCUT2D eigenvalue weighted by atomic mass is 10.1. The van der Waals surface area contributed by atoms with Crippen molar-refractivity contribution in [3.63, 3.8) is 0 Å². The Bertz CT molecular complexity index is 675. The highest BCUT2D eigenvalue weighted by atomic mass is 16.5. The number of hydrogen-bond donors (Lipinski definition) is 1. The van der Waals surface area contributed by atoms with Gasteiger partial charge in [-0.2, -0.15) is 0 Å². The standard InChI is InChI=1S/C21H27NO4/c1-24-18-14-17(15-19(25-2)21(18)26-3)12-13-22-20(23)11-7-10-16-8-5-4-6-9-16/h4-6,8-9,14-15H,7,10-13H2,1-3H3,(H,22,23). The summed E-state index contributed by atoms with van der Waals surface area (Å²) in [4.78, 5) is 12.0. The fourth-order valence-electron chi connectivity index (χ4n) is 2.81. The highest BCUT2D eigenvalue weighted by Crippen LogP contribution is 2.38. The van der Waals surface area contributed by atoms with Gasteiger partial charge in [0.2, 0.25) is 11.7 Å². The van der Waals surface area contributed by atoms with E-state index in [0.29, 0.717) is 36.6 Å². The first-order valence-corrected chi connectivity index (χ1v) is 8.77. The lowest BCUT2D eigenvalue weighted by molar-refractivity contribution is -0.121. The van der Waals surface area contributed by atoms with Gasteiger partial charge in [0.25, 0.3) is 0 Å². The zero-order valence-electron chi connectivity index (χ0n) is 15.7. The molecule has 2 aromatic rings. The van der Waals surface area contributed by atoms with Crippen molar-refractivity contribution in [3.8, 4) is 17.2 Å². The predicted octanol–water partition coefficient (Wildman–Crippen LogP) is 3.39. The van der Waals surface area contributed by atoms with Crippen LogP contribution in [0.2, 0.25) is 0 Å². The molecular formula is C21H27NO4. The minimum Gasteiger partial charge on any atom is -0.493 e. The van der Waals surface area contributed by atoms with Gasteiger partial charge in [-0.1, -0.05) is 30.3 Å². The molecule has 0 unspecified atom stereocenters. The van der Waals surface area contributed by atoms with Gasteiger partial charge >= 0.3 is 0 Å². The van der Waals surface area contributed by atoms with Crippen LogP contribution < -0.4 is 19.5 Å². The molecule has 0 radical (unpaired) electrons. The molecule has 0 saturated carbocycles. The highest BCUT2D eigenvalue weighted by molar-refractivity contribution is 5.75. The van der Waals surface area contributed by atoms with E-state index >= 15 is 0 Å². The zero-order valence-corrected chi connectivity index (χ0v) is 15.7. The molecule has 1 amide bonds. The topological polar surface area (TPSA) is 56.8 Å². The molecule has 0 aliphatic carbocycles. The Morgan fingerprint density at radius 2 is 1.54 bits per heavy atom. The molecule has 0 aliphatic heterocycles. The number of aryl methyl sites for hydroxylation is 1. The third-order valence-corrected chi connectivity index (χ3v) is 4.17. The molecule has 1 N–H and O–H groups in total. The zero-order chi connectivity index (χ0) is 18.8. The fraction of sp³-hybridized carbons (Fsp3) is 0.381. The van der Waals surface area contributed by atoms with Crippen LogP contribution in [0.3, 0.4) is 0 Å². The SMILES string of the molecule is COc1cc(CCNC(=O)CCCc2ccccc2)cc(OC)c1OC. The van der Waals surface area contributed by atoms with Crippen molar-refractivity contribution in [2.24, 2.45) is 0 Å². The van der Waals surface area contributed by atoms with Gasteiger partial charge in [-0.15, -0.1) is 0 Å². The molecule has 2 rings (SSSR count). The van der Waals surface area contributed by atoms with Crippen LogP contribution in [0, 0.1) is 0 Å². The van der Waals surface area contributed by atoms with Gasteiger partial charge in [0.05, 0.1) is 21.3 Å². The first kappa shape index (κ1) is 19.6. The van der Waals surface area contributed by atoms with Crippen LogP contribution in [0.25, 0.3) is 0 Å². The second-order valence-corrected chi connectivity index (χ2v) is 5.97. The molecule has 2 aromatic carbocycles. The summed E-state index contributed by atoms with van der Waals surface area (Å²) in [5.74, 6) is 1.89. The first-order chi connectivity index (χ1) is 12.7. The van der Waals surface area contributed by atoms with Crippen molar-refractivity contribution < 1.29 is 19.0 Å². The second-order valence-electron chi connectivity index (χ2n) is 5.97. The van der Waals surface area contributed by atoms with E-state index in [1.807, 2.05) is 30.3 Å². The summed E-state index contributed by atoms with van der Waals surface area (Å²) in [6, 6.07) is 14.0. The second kappa shape index (κ2) is 10.3. The number of methoxy groups -OCH3 is 3. The van der Waals surface area contributed by atoms with Crippen LogP contribution in [-0.4, -0.2) is 33.8 Å². The maximum atomic E-state index is 12.0. The molecule has 0 saturated heterocycles. The van der Waals surface area contributed by atoms with Crippen molar-refractivity contribution in [2.75, 3.05) is 27.9 Å². The summed E-state index contributed by atoms with van der Waals surface area (Å²) in [5.41, 5.74) is 2.28. The summed E-state index contributed by atoms with van der Waals surface area (Å²) >= 11 is 0. The number of rotatable bonds is 10. The Kier molecular flexibility index (Phi) is 7.80. The molecule has 0 aliphatic rings. The first-order valence-electron chi connectivity index (χ1n) is 8.77. The summed E-state index contributed by atoms with van der Waals surface area (Å²) < 4.78 is 16.0. The van der Waals surface area contributed by atoms with Crippen LogP contribution in [-0.2, 0) is 17.6 Å². The smallest absolute Gasteiger partial charge is 0.220 e. The Morgan fingerprint density at radius 1 is 0.885 bits per heavy atom. The van der Waals surface area contributed by atoms with Gasteiger partial charge in [0.15, 0.2) is 11.5 Å². The molecule has 0 spiro atoms. The molecule has 0 bridgehead atoms. The Morgan fingerprint density at radius 3 is 2.12 bits per heavy atom. The number of amides is 1. The number of nitrogens with one attached hydrogen (secondary N) is 1. The van der Waals surface area contributed by atoms with Crippen molar-refractivity contribution in [3.05, 3.63) is 53.6 Å². The van der Waals surface area contributed by atoms with E-state index < -0.39 is 0 Å². The van der Waals surface area contributed by atoms with Gasteiger partial charge < -0.3 is 19.5 Å². The molecule has 26 heavy (non-hydrogen) atoms. The van der Waals surface area contributed by atoms with E-state index in [-0.39, 0.29) is 5.91 Å². The van der Waals surface area contributed by atoms with Crippen LogP contribution >= 0.6 is 0 Å². The summed E-state index contributed by atoms with van der Waals surface area (Å²) in [5, 5.41) is 2.97. The van der Waals surface area contributed by atoms with Gasteiger partial charge in [-0.05, 0) is 42.5 Å². The van der Waals surface area contributed by atoms with E-state index in [0.717, 1.165) is 18.4 Å². The van der Waals surface area contributed by atoms with Gasteiger partial charge in [0, 0.05) is 13.0 Å². The predicted molar refractivity (Wildman–Crippen MR) is 102 cm³/mol. The van der Waals surface area contributed by atoms with E-state index in [9.17, 15) is 4.79 Å². The van der Waals surface area contributed by atoms with E-state index in [2.05, 4.69) is 17.4 Å². The van der Waals surface area contributed by atoms with Gasteiger partial charge in [-0.25, -0.2) is 0 Å². The molecule has 5 nitrogen and oxygen atoms in total. The summed E-state index contributed by atoms with van der Waals surface area (Å²) in [6.45, 7) is 0.572. The van der Waals surface area contributed by atoms with E-state index in [1.54, 1.807) is 21.3 Å². The minimum atomic E-state index is 0.0772. The summed E-state index contributed by atoms with van der Waals surface area (Å²) in [6.07, 6.45) is 2.99. The van der Waals surface area contributed by atoms with E-state index in [1.165, 1.54) is 5.56 Å². The number of hydrogen-bond acceptors (Lipinski definition) is 4. The van der Waals surface area contributed by atoms with Crippen LogP contribution in [0.1, 0.15) is 24.0 Å². The molecular weight excluding hydrogens is 330 g/mol. The molecule has 140 valence electrons. The molecule has 5 heteroatoms. The van der Waals surface area contributed by atoms with Crippen LogP contribution in [0.15, 0.2) is 42.5 Å². The number of carbonyl (C=O) groups excluding carboxylic acids is 1. The van der Waals surface area contributed by atoms with Gasteiger partial charge in [0.1, 0.15) is 0 Å². The third kappa shape index (κ3) is 5.69. The average Bonchev–Trinajstić information content (AvgIpc) is 2.68.